The lowest BCUT2D eigenvalue weighted by Crippen LogP contribution is -2.35. The van der Waals surface area contributed by atoms with Gasteiger partial charge in [0.1, 0.15) is 11.6 Å². The molecule has 4 heteroatoms. The Morgan fingerprint density at radius 1 is 1.20 bits per heavy atom. The third-order valence-corrected chi connectivity index (χ3v) is 4.48. The number of hydrogen-bond acceptors (Lipinski definition) is 4. The average molecular weight is 276 g/mol. The van der Waals surface area contributed by atoms with Gasteiger partial charge in [0, 0.05) is 19.6 Å². The van der Waals surface area contributed by atoms with Crippen molar-refractivity contribution in [2.45, 2.75) is 58.4 Å². The zero-order valence-electron chi connectivity index (χ0n) is 13.1. The summed E-state index contributed by atoms with van der Waals surface area (Å²) < 4.78 is 0. The molecule has 0 saturated heterocycles. The molecule has 1 fully saturated rings. The van der Waals surface area contributed by atoms with E-state index in [-0.39, 0.29) is 0 Å². The highest BCUT2D eigenvalue weighted by atomic mass is 15.2. The van der Waals surface area contributed by atoms with E-state index in [1.165, 1.54) is 32.1 Å². The predicted octanol–water partition coefficient (Wildman–Crippen LogP) is 3.70. The van der Waals surface area contributed by atoms with E-state index in [0.29, 0.717) is 6.04 Å². The molecule has 1 aromatic heterocycles. The maximum Gasteiger partial charge on any atom is 0.149 e. The van der Waals surface area contributed by atoms with Crippen LogP contribution in [0.4, 0.5) is 11.6 Å². The Balaban J connectivity index is 1.96. The molecule has 0 unspecified atom stereocenters. The molecule has 1 N–H and O–H groups in total. The summed E-state index contributed by atoms with van der Waals surface area (Å²) in [6.45, 7) is 5.41. The number of aromatic nitrogens is 2. The van der Waals surface area contributed by atoms with Crippen molar-refractivity contribution in [3.05, 3.63) is 12.4 Å². The van der Waals surface area contributed by atoms with Crippen LogP contribution >= 0.6 is 0 Å². The highest BCUT2D eigenvalue weighted by molar-refractivity contribution is 5.44. The highest BCUT2D eigenvalue weighted by Crippen LogP contribution is 2.30. The first-order chi connectivity index (χ1) is 9.74. The Hall–Kier alpha value is -1.32. The number of anilines is 2. The molecule has 0 aliphatic heterocycles. The van der Waals surface area contributed by atoms with Crippen LogP contribution in [-0.4, -0.2) is 29.6 Å². The van der Waals surface area contributed by atoms with E-state index in [2.05, 4.69) is 41.1 Å². The Kier molecular flexibility index (Phi) is 5.62. The van der Waals surface area contributed by atoms with Crippen LogP contribution in [0.5, 0.6) is 0 Å². The number of hydrogen-bond donors (Lipinski definition) is 1. The van der Waals surface area contributed by atoms with Crippen LogP contribution in [0.2, 0.25) is 0 Å². The molecule has 112 valence electrons. The standard InChI is InChI=1S/C16H28N4/c1-4-10-18-15-11-17-12-16(19-15)20(3)14-8-6-13(5-2)7-9-14/h11-14H,4-10H2,1-3H3,(H,18,19). The fraction of sp³-hybridized carbons (Fsp3) is 0.750. The van der Waals surface area contributed by atoms with Gasteiger partial charge in [-0.2, -0.15) is 0 Å². The van der Waals surface area contributed by atoms with E-state index in [1.54, 1.807) is 6.20 Å². The molecule has 0 aromatic carbocycles. The molecule has 1 aliphatic rings. The van der Waals surface area contributed by atoms with Crippen molar-refractivity contribution < 1.29 is 0 Å². The summed E-state index contributed by atoms with van der Waals surface area (Å²) in [5.41, 5.74) is 0. The van der Waals surface area contributed by atoms with Crippen molar-refractivity contribution in [3.63, 3.8) is 0 Å². The van der Waals surface area contributed by atoms with Crippen LogP contribution in [0.3, 0.4) is 0 Å². The van der Waals surface area contributed by atoms with Crippen LogP contribution in [-0.2, 0) is 0 Å². The summed E-state index contributed by atoms with van der Waals surface area (Å²) in [4.78, 5) is 11.3. The summed E-state index contributed by atoms with van der Waals surface area (Å²) in [7, 11) is 2.16. The monoisotopic (exact) mass is 276 g/mol. The Bertz CT molecular complexity index is 399. The molecule has 1 saturated carbocycles. The highest BCUT2D eigenvalue weighted by Gasteiger charge is 2.24. The Morgan fingerprint density at radius 3 is 2.60 bits per heavy atom. The Labute approximate surface area is 123 Å². The van der Waals surface area contributed by atoms with Crippen molar-refractivity contribution in [2.75, 3.05) is 23.8 Å². The summed E-state index contributed by atoms with van der Waals surface area (Å²) in [5.74, 6) is 2.81. The molecule has 20 heavy (non-hydrogen) atoms. The summed E-state index contributed by atoms with van der Waals surface area (Å²) in [6, 6.07) is 0.619. The van der Waals surface area contributed by atoms with Gasteiger partial charge in [0.05, 0.1) is 12.4 Å². The van der Waals surface area contributed by atoms with Crippen LogP contribution in [0.1, 0.15) is 52.4 Å². The Morgan fingerprint density at radius 2 is 1.95 bits per heavy atom. The van der Waals surface area contributed by atoms with Gasteiger partial charge in [-0.15, -0.1) is 0 Å². The van der Waals surface area contributed by atoms with Gasteiger partial charge in [-0.25, -0.2) is 4.98 Å². The summed E-state index contributed by atoms with van der Waals surface area (Å²) in [5, 5.41) is 3.31. The summed E-state index contributed by atoms with van der Waals surface area (Å²) >= 11 is 0. The first kappa shape index (κ1) is 15.1. The van der Waals surface area contributed by atoms with Crippen molar-refractivity contribution in [1.29, 1.82) is 0 Å². The molecule has 0 atom stereocenters. The lowest BCUT2D eigenvalue weighted by atomic mass is 9.84. The van der Waals surface area contributed by atoms with E-state index in [4.69, 9.17) is 0 Å². The SMILES string of the molecule is CCCNc1cncc(N(C)C2CCC(CC)CC2)n1. The van der Waals surface area contributed by atoms with Crippen molar-refractivity contribution in [3.8, 4) is 0 Å². The van der Waals surface area contributed by atoms with E-state index < -0.39 is 0 Å². The van der Waals surface area contributed by atoms with Crippen LogP contribution in [0.25, 0.3) is 0 Å². The average Bonchev–Trinajstić information content (AvgIpc) is 2.52. The van der Waals surface area contributed by atoms with Gasteiger partial charge in [-0.1, -0.05) is 20.3 Å². The van der Waals surface area contributed by atoms with E-state index >= 15 is 0 Å². The molecule has 2 rings (SSSR count). The molecule has 0 bridgehead atoms. The topological polar surface area (TPSA) is 41.1 Å². The molecular formula is C16H28N4. The number of nitrogens with zero attached hydrogens (tertiary/aromatic N) is 3. The third-order valence-electron chi connectivity index (χ3n) is 4.48. The van der Waals surface area contributed by atoms with E-state index in [1.807, 2.05) is 6.20 Å². The van der Waals surface area contributed by atoms with Crippen molar-refractivity contribution >= 4 is 11.6 Å². The number of nitrogens with one attached hydrogen (secondary N) is 1. The summed E-state index contributed by atoms with van der Waals surface area (Å²) in [6.07, 6.45) is 11.4. The second-order valence-corrected chi connectivity index (χ2v) is 5.88. The smallest absolute Gasteiger partial charge is 0.149 e. The lowest BCUT2D eigenvalue weighted by Gasteiger charge is -2.35. The fourth-order valence-electron chi connectivity index (χ4n) is 2.99. The van der Waals surface area contributed by atoms with Gasteiger partial charge in [0.25, 0.3) is 0 Å². The zero-order chi connectivity index (χ0) is 14.4. The second kappa shape index (κ2) is 7.46. The largest absolute Gasteiger partial charge is 0.369 e. The molecule has 0 spiro atoms. The first-order valence-electron chi connectivity index (χ1n) is 8.03. The molecule has 1 aromatic rings. The molecule has 1 heterocycles. The van der Waals surface area contributed by atoms with Gasteiger partial charge in [-0.05, 0) is 38.0 Å². The molecular weight excluding hydrogens is 248 g/mol. The lowest BCUT2D eigenvalue weighted by molar-refractivity contribution is 0.313. The zero-order valence-corrected chi connectivity index (χ0v) is 13.1. The van der Waals surface area contributed by atoms with Gasteiger partial charge in [0.15, 0.2) is 0 Å². The van der Waals surface area contributed by atoms with Crippen LogP contribution in [0.15, 0.2) is 12.4 Å². The van der Waals surface area contributed by atoms with Gasteiger partial charge in [0.2, 0.25) is 0 Å². The van der Waals surface area contributed by atoms with Gasteiger partial charge in [-0.3, -0.25) is 4.98 Å². The maximum atomic E-state index is 4.68. The van der Waals surface area contributed by atoms with Crippen LogP contribution < -0.4 is 10.2 Å². The van der Waals surface area contributed by atoms with E-state index in [9.17, 15) is 0 Å². The molecule has 0 amide bonds. The minimum atomic E-state index is 0.619. The second-order valence-electron chi connectivity index (χ2n) is 5.88. The normalized spacial score (nSPS) is 22.6. The minimum Gasteiger partial charge on any atom is -0.369 e. The quantitative estimate of drug-likeness (QED) is 0.860. The predicted molar refractivity (Wildman–Crippen MR) is 85.3 cm³/mol. The fourth-order valence-corrected chi connectivity index (χ4v) is 2.99. The van der Waals surface area contributed by atoms with Crippen LogP contribution in [0, 0.1) is 5.92 Å². The van der Waals surface area contributed by atoms with Gasteiger partial charge < -0.3 is 10.2 Å². The van der Waals surface area contributed by atoms with Crippen molar-refractivity contribution in [2.24, 2.45) is 5.92 Å². The number of rotatable bonds is 6. The van der Waals surface area contributed by atoms with E-state index in [0.717, 1.165) is 30.5 Å². The molecule has 1 aliphatic carbocycles. The maximum absolute atomic E-state index is 4.68. The first-order valence-corrected chi connectivity index (χ1v) is 8.03. The minimum absolute atomic E-state index is 0.619. The van der Waals surface area contributed by atoms with Gasteiger partial charge >= 0.3 is 0 Å². The molecule has 0 radical (unpaired) electrons. The van der Waals surface area contributed by atoms with Crippen molar-refractivity contribution in [1.82, 2.24) is 9.97 Å². The third kappa shape index (κ3) is 3.84. The molecule has 4 nitrogen and oxygen atoms in total.